The minimum absolute atomic E-state index is 0.146. The topological polar surface area (TPSA) is 70.4 Å². The molecule has 0 bridgehead atoms. The number of hydrogen-bond acceptors (Lipinski definition) is 3. The summed E-state index contributed by atoms with van der Waals surface area (Å²) < 4.78 is 29.3. The van der Waals surface area contributed by atoms with E-state index in [1.807, 2.05) is 54.2 Å². The van der Waals surface area contributed by atoms with E-state index in [2.05, 4.69) is 5.32 Å². The largest absolute Gasteiger partial charge is 0.320 e. The van der Waals surface area contributed by atoms with Crippen molar-refractivity contribution >= 4 is 32.4 Å². The molecular formula is C23H26N3O3S+. The molecule has 1 saturated heterocycles. The average Bonchev–Trinajstić information content (AvgIpc) is 2.75. The minimum Gasteiger partial charge on any atom is -0.320 e. The van der Waals surface area contributed by atoms with Crippen LogP contribution in [0.2, 0.25) is 0 Å². The number of carbonyl (C=O) groups excluding carboxylic acids is 1. The van der Waals surface area contributed by atoms with Crippen molar-refractivity contribution in [3.05, 3.63) is 66.5 Å². The number of aromatic nitrogens is 1. The Labute approximate surface area is 177 Å². The maximum absolute atomic E-state index is 13.0. The number of carbonyl (C=O) groups is 1. The van der Waals surface area contributed by atoms with Crippen molar-refractivity contribution in [1.82, 2.24) is 4.31 Å². The van der Waals surface area contributed by atoms with Crippen LogP contribution >= 0.6 is 0 Å². The van der Waals surface area contributed by atoms with E-state index in [0.29, 0.717) is 18.8 Å². The molecule has 7 heteroatoms. The molecule has 0 atom stereocenters. The zero-order valence-electron chi connectivity index (χ0n) is 17.0. The van der Waals surface area contributed by atoms with E-state index in [1.54, 1.807) is 18.2 Å². The summed E-state index contributed by atoms with van der Waals surface area (Å²) in [6, 6.07) is 14.9. The molecule has 1 amide bonds. The van der Waals surface area contributed by atoms with Gasteiger partial charge in [0.1, 0.15) is 0 Å². The lowest BCUT2D eigenvalue weighted by atomic mass is 10.2. The SMILES string of the molecule is Cc1ccc(S(=O)(=O)N2CCCCC2)cc1NC(=O)C[n+]1ccc2ccccc2c1. The summed E-state index contributed by atoms with van der Waals surface area (Å²) in [5, 5.41) is 5.05. The van der Waals surface area contributed by atoms with E-state index in [-0.39, 0.29) is 17.3 Å². The molecule has 1 aromatic heterocycles. The molecule has 0 unspecified atom stereocenters. The maximum atomic E-state index is 13.0. The highest BCUT2D eigenvalue weighted by Crippen LogP contribution is 2.25. The van der Waals surface area contributed by atoms with Crippen LogP contribution in [0.4, 0.5) is 5.69 Å². The van der Waals surface area contributed by atoms with Gasteiger partial charge in [-0.2, -0.15) is 8.87 Å². The number of nitrogens with one attached hydrogen (secondary N) is 1. The Morgan fingerprint density at radius 2 is 1.77 bits per heavy atom. The van der Waals surface area contributed by atoms with Crippen molar-refractivity contribution in [2.45, 2.75) is 37.6 Å². The molecule has 0 radical (unpaired) electrons. The second kappa shape index (κ2) is 8.53. The molecular weight excluding hydrogens is 398 g/mol. The predicted molar refractivity (Wildman–Crippen MR) is 117 cm³/mol. The van der Waals surface area contributed by atoms with Crippen molar-refractivity contribution in [2.24, 2.45) is 0 Å². The number of piperidine rings is 1. The van der Waals surface area contributed by atoms with Crippen molar-refractivity contribution in [1.29, 1.82) is 0 Å². The van der Waals surface area contributed by atoms with Crippen LogP contribution in [0.25, 0.3) is 10.8 Å². The van der Waals surface area contributed by atoms with Crippen molar-refractivity contribution in [3.63, 3.8) is 0 Å². The van der Waals surface area contributed by atoms with E-state index >= 15 is 0 Å². The molecule has 1 aliphatic rings. The van der Waals surface area contributed by atoms with E-state index in [0.717, 1.165) is 35.6 Å². The Bertz CT molecular complexity index is 1190. The standard InChI is InChI=1S/C23H25N3O3S/c1-18-9-10-21(30(28,29)26-12-5-2-6-13-26)15-22(18)24-23(27)17-25-14-11-19-7-3-4-8-20(19)16-25/h3-4,7-11,14-16H,2,5-6,12-13,17H2,1H3/p+1. The van der Waals surface area contributed by atoms with Crippen LogP contribution in [-0.2, 0) is 21.4 Å². The number of nitrogens with zero attached hydrogens (tertiary/aromatic N) is 2. The zero-order valence-corrected chi connectivity index (χ0v) is 17.9. The summed E-state index contributed by atoms with van der Waals surface area (Å²) in [4.78, 5) is 12.9. The predicted octanol–water partition coefficient (Wildman–Crippen LogP) is 3.25. The van der Waals surface area contributed by atoms with Crippen molar-refractivity contribution in [2.75, 3.05) is 18.4 Å². The molecule has 6 nitrogen and oxygen atoms in total. The van der Waals surface area contributed by atoms with E-state index in [9.17, 15) is 13.2 Å². The van der Waals surface area contributed by atoms with E-state index in [4.69, 9.17) is 0 Å². The molecule has 1 fully saturated rings. The fourth-order valence-electron chi connectivity index (χ4n) is 3.78. The van der Waals surface area contributed by atoms with Gasteiger partial charge < -0.3 is 5.32 Å². The van der Waals surface area contributed by atoms with Crippen LogP contribution in [0.15, 0.2) is 65.8 Å². The van der Waals surface area contributed by atoms with Gasteiger partial charge in [-0.25, -0.2) is 8.42 Å². The maximum Gasteiger partial charge on any atom is 0.290 e. The first-order chi connectivity index (χ1) is 14.4. The van der Waals surface area contributed by atoms with Crippen molar-refractivity contribution < 1.29 is 17.8 Å². The van der Waals surface area contributed by atoms with Crippen LogP contribution in [0.3, 0.4) is 0 Å². The van der Waals surface area contributed by atoms with Gasteiger partial charge in [0.15, 0.2) is 12.4 Å². The second-order valence-corrected chi connectivity index (χ2v) is 9.67. The lowest BCUT2D eigenvalue weighted by Crippen LogP contribution is -2.39. The van der Waals surface area contributed by atoms with E-state index in [1.165, 1.54) is 4.31 Å². The molecule has 1 N–H and O–H groups in total. The van der Waals surface area contributed by atoms with Crippen LogP contribution in [-0.4, -0.2) is 31.7 Å². The zero-order chi connectivity index (χ0) is 21.1. The fourth-order valence-corrected chi connectivity index (χ4v) is 5.33. The molecule has 0 saturated carbocycles. The minimum atomic E-state index is -3.54. The molecule has 2 heterocycles. The normalized spacial score (nSPS) is 15.2. The quantitative estimate of drug-likeness (QED) is 0.639. The Balaban J connectivity index is 1.52. The average molecular weight is 425 g/mol. The van der Waals surface area contributed by atoms with Crippen LogP contribution < -0.4 is 9.88 Å². The molecule has 0 spiro atoms. The first-order valence-corrected chi connectivity index (χ1v) is 11.7. The van der Waals surface area contributed by atoms with Gasteiger partial charge >= 0.3 is 0 Å². The number of fused-ring (bicyclic) bond motifs is 1. The highest BCUT2D eigenvalue weighted by atomic mass is 32.2. The van der Waals surface area contributed by atoms with E-state index < -0.39 is 10.0 Å². The van der Waals surface area contributed by atoms with Gasteiger partial charge in [-0.3, -0.25) is 4.79 Å². The molecule has 2 aromatic carbocycles. The number of sulfonamides is 1. The number of aryl methyl sites for hydroxylation is 1. The number of anilines is 1. The number of rotatable bonds is 5. The summed E-state index contributed by atoms with van der Waals surface area (Å²) in [5.74, 6) is -0.203. The van der Waals surface area contributed by atoms with Gasteiger partial charge in [-0.05, 0) is 48.9 Å². The molecule has 3 aromatic rings. The summed E-state index contributed by atoms with van der Waals surface area (Å²) >= 11 is 0. The summed E-state index contributed by atoms with van der Waals surface area (Å²) in [6.07, 6.45) is 6.63. The summed E-state index contributed by atoms with van der Waals surface area (Å²) in [5.41, 5.74) is 1.35. The second-order valence-electron chi connectivity index (χ2n) is 7.74. The molecule has 1 aliphatic heterocycles. The Kier molecular flexibility index (Phi) is 5.83. The van der Waals surface area contributed by atoms with Crippen molar-refractivity contribution in [3.8, 4) is 0 Å². The van der Waals surface area contributed by atoms with Gasteiger partial charge in [0.05, 0.1) is 4.90 Å². The number of amides is 1. The van der Waals surface area contributed by atoms with Gasteiger partial charge in [-0.15, -0.1) is 0 Å². The Morgan fingerprint density at radius 1 is 1.03 bits per heavy atom. The number of benzene rings is 2. The summed E-state index contributed by atoms with van der Waals surface area (Å²) in [7, 11) is -3.54. The molecule has 156 valence electrons. The smallest absolute Gasteiger partial charge is 0.290 e. The molecule has 30 heavy (non-hydrogen) atoms. The highest BCUT2D eigenvalue weighted by molar-refractivity contribution is 7.89. The number of hydrogen-bond donors (Lipinski definition) is 1. The lowest BCUT2D eigenvalue weighted by molar-refractivity contribution is -0.682. The third-order valence-corrected chi connectivity index (χ3v) is 7.40. The third-order valence-electron chi connectivity index (χ3n) is 5.51. The summed E-state index contributed by atoms with van der Waals surface area (Å²) in [6.45, 7) is 3.11. The van der Waals surface area contributed by atoms with Gasteiger partial charge in [0, 0.05) is 30.2 Å². The monoisotopic (exact) mass is 424 g/mol. The molecule has 0 aliphatic carbocycles. The van der Waals surface area contributed by atoms with Gasteiger partial charge in [0.25, 0.3) is 5.91 Å². The van der Waals surface area contributed by atoms with Crippen LogP contribution in [0.5, 0.6) is 0 Å². The molecule has 4 rings (SSSR count). The third kappa shape index (κ3) is 4.37. The Hall–Kier alpha value is -2.77. The van der Waals surface area contributed by atoms with Gasteiger partial charge in [0.2, 0.25) is 16.6 Å². The van der Waals surface area contributed by atoms with Gasteiger partial charge in [-0.1, -0.05) is 30.7 Å². The fraction of sp³-hybridized carbons (Fsp3) is 0.304. The first-order valence-electron chi connectivity index (χ1n) is 10.2. The number of pyridine rings is 1. The first kappa shape index (κ1) is 20.5. The lowest BCUT2D eigenvalue weighted by Gasteiger charge is -2.26. The van der Waals surface area contributed by atoms with Crippen LogP contribution in [0.1, 0.15) is 24.8 Å². The highest BCUT2D eigenvalue weighted by Gasteiger charge is 2.26. The Morgan fingerprint density at radius 3 is 2.53 bits per heavy atom. The van der Waals surface area contributed by atoms with Crippen LogP contribution in [0, 0.1) is 6.92 Å².